The molecule has 0 saturated heterocycles. The fourth-order valence-corrected chi connectivity index (χ4v) is 7.08. The van der Waals surface area contributed by atoms with Crippen LogP contribution in [0, 0.1) is 27.7 Å². The van der Waals surface area contributed by atoms with Gasteiger partial charge in [-0.05, 0) is 85.3 Å². The van der Waals surface area contributed by atoms with Crippen LogP contribution in [-0.2, 0) is 0 Å². The normalized spacial score (nSPS) is 11.2. The van der Waals surface area contributed by atoms with Gasteiger partial charge in [-0.3, -0.25) is 9.13 Å². The molecule has 6 nitrogen and oxygen atoms in total. The highest BCUT2D eigenvalue weighted by Gasteiger charge is 2.22. The smallest absolute Gasteiger partial charge is 0.168 e. The van der Waals surface area contributed by atoms with Crippen molar-refractivity contribution >= 4 is 0 Å². The number of aryl methyl sites for hydroxylation is 4. The Morgan fingerprint density at radius 3 is 0.760 bits per heavy atom. The summed E-state index contributed by atoms with van der Waals surface area (Å²) < 4.78 is 4.36. The van der Waals surface area contributed by atoms with Crippen LogP contribution in [-0.4, -0.2) is 29.5 Å². The van der Waals surface area contributed by atoms with E-state index in [1.54, 1.807) is 0 Å². The third-order valence-electron chi connectivity index (χ3n) is 9.26. The fourth-order valence-electron chi connectivity index (χ4n) is 7.08. The lowest BCUT2D eigenvalue weighted by atomic mass is 9.88. The van der Waals surface area contributed by atoms with Crippen LogP contribution < -0.4 is 0 Å². The van der Waals surface area contributed by atoms with Crippen molar-refractivity contribution in [1.82, 2.24) is 29.5 Å². The van der Waals surface area contributed by atoms with Crippen molar-refractivity contribution < 1.29 is 0 Å². The maximum atomic E-state index is 4.70. The molecule has 2 heterocycles. The van der Waals surface area contributed by atoms with Gasteiger partial charge in [-0.15, -0.1) is 20.4 Å². The van der Waals surface area contributed by atoms with E-state index in [0.29, 0.717) is 0 Å². The molecule has 0 saturated carbocycles. The van der Waals surface area contributed by atoms with E-state index in [-0.39, 0.29) is 0 Å². The van der Waals surface area contributed by atoms with Crippen molar-refractivity contribution in [3.8, 4) is 68.1 Å². The van der Waals surface area contributed by atoms with Gasteiger partial charge in [0.05, 0.1) is 0 Å². The highest BCUT2D eigenvalue weighted by Crippen LogP contribution is 2.39. The summed E-state index contributed by atoms with van der Waals surface area (Å²) in [5, 5.41) is 18.8. The van der Waals surface area contributed by atoms with Crippen molar-refractivity contribution in [2.75, 3.05) is 0 Å². The topological polar surface area (TPSA) is 61.4 Å². The van der Waals surface area contributed by atoms with Gasteiger partial charge in [-0.1, -0.05) is 121 Å². The molecular weight excluding hydrogens is 613 g/mol. The van der Waals surface area contributed by atoms with Gasteiger partial charge in [0.15, 0.2) is 23.3 Å². The molecule has 0 spiro atoms. The van der Waals surface area contributed by atoms with E-state index >= 15 is 0 Å². The molecule has 6 heteroatoms. The molecular formula is C44H36N6. The van der Waals surface area contributed by atoms with Gasteiger partial charge in [-0.25, -0.2) is 0 Å². The zero-order valence-electron chi connectivity index (χ0n) is 28.5. The van der Waals surface area contributed by atoms with Crippen LogP contribution in [0.3, 0.4) is 0 Å². The standard InChI is InChI=1S/C44H36N6/c1-29-25-37(49-41(33-17-9-5-10-18-33)45-46-42(49)34-19-11-6-12-20-34)26-30(2)39(29)40-31(3)27-38(28-32(40)4)50-43(35-21-13-7-14-22-35)47-48-44(50)36-23-15-8-16-24-36/h5-28H,1-4H3. The summed E-state index contributed by atoms with van der Waals surface area (Å²) in [4.78, 5) is 0. The Kier molecular flexibility index (Phi) is 7.97. The van der Waals surface area contributed by atoms with Gasteiger partial charge in [0.25, 0.3) is 0 Å². The quantitative estimate of drug-likeness (QED) is 0.173. The van der Waals surface area contributed by atoms with Crippen LogP contribution in [0.5, 0.6) is 0 Å². The molecule has 0 radical (unpaired) electrons. The second kappa shape index (κ2) is 12.9. The van der Waals surface area contributed by atoms with Crippen LogP contribution in [0.1, 0.15) is 22.3 Å². The minimum atomic E-state index is 0.810. The molecule has 6 aromatic carbocycles. The number of aromatic nitrogens is 6. The Bertz CT molecular complexity index is 2110. The lowest BCUT2D eigenvalue weighted by Gasteiger charge is -2.21. The van der Waals surface area contributed by atoms with Gasteiger partial charge in [-0.2, -0.15) is 0 Å². The van der Waals surface area contributed by atoms with E-state index in [1.165, 1.54) is 33.4 Å². The molecule has 0 aliphatic carbocycles. The molecule has 0 unspecified atom stereocenters. The second-order valence-electron chi connectivity index (χ2n) is 12.7. The van der Waals surface area contributed by atoms with Gasteiger partial charge in [0.2, 0.25) is 0 Å². The SMILES string of the molecule is Cc1cc(-n2c(-c3ccccc3)nnc2-c2ccccc2)cc(C)c1-c1c(C)cc(-n2c(-c3ccccc3)nnc2-c2ccccc2)cc1C. The molecule has 8 rings (SSSR count). The summed E-state index contributed by atoms with van der Waals surface area (Å²) in [6.07, 6.45) is 0. The molecule has 242 valence electrons. The molecule has 8 aromatic rings. The minimum absolute atomic E-state index is 0.810. The zero-order valence-corrected chi connectivity index (χ0v) is 28.5. The Morgan fingerprint density at radius 1 is 0.320 bits per heavy atom. The molecule has 0 amide bonds. The number of benzene rings is 6. The lowest BCUT2D eigenvalue weighted by molar-refractivity contribution is 1.06. The number of nitrogens with zero attached hydrogens (tertiary/aromatic N) is 6. The Labute approximate surface area is 292 Å². The molecule has 0 atom stereocenters. The molecule has 0 aliphatic heterocycles. The molecule has 0 aliphatic rings. The largest absolute Gasteiger partial charge is 0.275 e. The first-order valence-corrected chi connectivity index (χ1v) is 16.8. The third kappa shape index (κ3) is 5.51. The predicted molar refractivity (Wildman–Crippen MR) is 202 cm³/mol. The van der Waals surface area contributed by atoms with E-state index in [0.717, 1.165) is 56.9 Å². The van der Waals surface area contributed by atoms with Crippen LogP contribution in [0.2, 0.25) is 0 Å². The summed E-state index contributed by atoms with van der Waals surface area (Å²) in [7, 11) is 0. The highest BCUT2D eigenvalue weighted by atomic mass is 15.3. The molecule has 0 N–H and O–H groups in total. The first-order chi connectivity index (χ1) is 24.5. The van der Waals surface area contributed by atoms with Crippen molar-refractivity contribution in [3.63, 3.8) is 0 Å². The monoisotopic (exact) mass is 648 g/mol. The average Bonchev–Trinajstić information content (AvgIpc) is 3.80. The number of hydrogen-bond acceptors (Lipinski definition) is 4. The van der Waals surface area contributed by atoms with Crippen molar-refractivity contribution in [2.45, 2.75) is 27.7 Å². The van der Waals surface area contributed by atoms with Crippen LogP contribution in [0.4, 0.5) is 0 Å². The van der Waals surface area contributed by atoms with E-state index in [2.05, 4.69) is 110 Å². The highest BCUT2D eigenvalue weighted by molar-refractivity contribution is 5.80. The molecule has 50 heavy (non-hydrogen) atoms. The summed E-state index contributed by atoms with van der Waals surface area (Å²) in [6.45, 7) is 8.81. The van der Waals surface area contributed by atoms with E-state index in [4.69, 9.17) is 20.4 Å². The first kappa shape index (κ1) is 30.9. The molecule has 0 bridgehead atoms. The van der Waals surface area contributed by atoms with Crippen LogP contribution >= 0.6 is 0 Å². The zero-order chi connectivity index (χ0) is 34.2. The maximum absolute atomic E-state index is 4.70. The van der Waals surface area contributed by atoms with E-state index in [9.17, 15) is 0 Å². The van der Waals surface area contributed by atoms with Gasteiger partial charge in [0, 0.05) is 33.6 Å². The summed E-state index contributed by atoms with van der Waals surface area (Å²) in [5.41, 5.74) is 13.3. The maximum Gasteiger partial charge on any atom is 0.168 e. The van der Waals surface area contributed by atoms with Crippen molar-refractivity contribution in [3.05, 3.63) is 168 Å². The van der Waals surface area contributed by atoms with E-state index < -0.39 is 0 Å². The van der Waals surface area contributed by atoms with Crippen LogP contribution in [0.25, 0.3) is 68.1 Å². The second-order valence-corrected chi connectivity index (χ2v) is 12.7. The average molecular weight is 649 g/mol. The minimum Gasteiger partial charge on any atom is -0.275 e. The lowest BCUT2D eigenvalue weighted by Crippen LogP contribution is -2.05. The molecule has 2 aromatic heterocycles. The summed E-state index contributed by atoms with van der Waals surface area (Å²) >= 11 is 0. The van der Waals surface area contributed by atoms with Gasteiger partial charge < -0.3 is 0 Å². The third-order valence-corrected chi connectivity index (χ3v) is 9.26. The van der Waals surface area contributed by atoms with Crippen molar-refractivity contribution in [2.24, 2.45) is 0 Å². The summed E-state index contributed by atoms with van der Waals surface area (Å²) in [5.74, 6) is 3.24. The number of hydrogen-bond donors (Lipinski definition) is 0. The Morgan fingerprint density at radius 2 is 0.540 bits per heavy atom. The van der Waals surface area contributed by atoms with Gasteiger partial charge in [0.1, 0.15) is 0 Å². The van der Waals surface area contributed by atoms with Crippen molar-refractivity contribution in [1.29, 1.82) is 0 Å². The summed E-state index contributed by atoms with van der Waals surface area (Å²) in [6, 6.07) is 50.1. The number of rotatable bonds is 7. The predicted octanol–water partition coefficient (Wildman–Crippen LogP) is 10.4. The van der Waals surface area contributed by atoms with Crippen LogP contribution in [0.15, 0.2) is 146 Å². The molecule has 0 fully saturated rings. The van der Waals surface area contributed by atoms with E-state index in [1.807, 2.05) is 72.8 Å². The first-order valence-electron chi connectivity index (χ1n) is 16.8. The van der Waals surface area contributed by atoms with Gasteiger partial charge >= 0.3 is 0 Å². The Balaban J connectivity index is 1.27. The Hall–Kier alpha value is -6.40. The fraction of sp³-hybridized carbons (Fsp3) is 0.0909.